The molecule has 1 aromatic carbocycles. The quantitative estimate of drug-likeness (QED) is 0.813. The second kappa shape index (κ2) is 13.8. The topological polar surface area (TPSA) is 21.3 Å². The number of methoxy groups -OCH3 is 1. The van der Waals surface area contributed by atoms with Crippen molar-refractivity contribution in [3.63, 3.8) is 0 Å². The van der Waals surface area contributed by atoms with Gasteiger partial charge < -0.3 is 10.1 Å². The van der Waals surface area contributed by atoms with Crippen molar-refractivity contribution in [3.05, 3.63) is 24.3 Å². The first kappa shape index (κ1) is 17.2. The van der Waals surface area contributed by atoms with E-state index in [0.717, 1.165) is 11.4 Å². The SMILES string of the molecule is CC.CCCC.CNc1cccc(OC)c1. The summed E-state index contributed by atoms with van der Waals surface area (Å²) in [6.07, 6.45) is 2.64. The summed E-state index contributed by atoms with van der Waals surface area (Å²) in [7, 11) is 3.55. The van der Waals surface area contributed by atoms with E-state index in [1.54, 1.807) is 7.11 Å². The molecule has 1 rings (SSSR count). The summed E-state index contributed by atoms with van der Waals surface area (Å²) in [5.41, 5.74) is 1.07. The van der Waals surface area contributed by atoms with Gasteiger partial charge in [-0.15, -0.1) is 0 Å². The Labute approximate surface area is 101 Å². The Bertz CT molecular complexity index is 215. The number of ether oxygens (including phenoxy) is 1. The van der Waals surface area contributed by atoms with E-state index in [9.17, 15) is 0 Å². The summed E-state index contributed by atoms with van der Waals surface area (Å²) in [5, 5.41) is 3.02. The molecular weight excluding hydrogens is 198 g/mol. The second-order valence-electron chi connectivity index (χ2n) is 2.98. The van der Waals surface area contributed by atoms with Crippen LogP contribution < -0.4 is 10.1 Å². The van der Waals surface area contributed by atoms with E-state index in [2.05, 4.69) is 19.2 Å². The van der Waals surface area contributed by atoms with Gasteiger partial charge in [0.25, 0.3) is 0 Å². The van der Waals surface area contributed by atoms with Crippen LogP contribution in [0.25, 0.3) is 0 Å². The maximum Gasteiger partial charge on any atom is 0.120 e. The first-order valence-corrected chi connectivity index (χ1v) is 6.10. The Morgan fingerprint density at radius 1 is 1.12 bits per heavy atom. The molecule has 0 radical (unpaired) electrons. The largest absolute Gasteiger partial charge is 0.497 e. The fraction of sp³-hybridized carbons (Fsp3) is 0.571. The number of hydrogen-bond acceptors (Lipinski definition) is 2. The van der Waals surface area contributed by atoms with Gasteiger partial charge in [0.15, 0.2) is 0 Å². The third-order valence-corrected chi connectivity index (χ3v) is 1.86. The van der Waals surface area contributed by atoms with Crippen molar-refractivity contribution in [2.75, 3.05) is 19.5 Å². The molecule has 0 amide bonds. The minimum atomic E-state index is 0.881. The van der Waals surface area contributed by atoms with Crippen LogP contribution in [-0.4, -0.2) is 14.2 Å². The van der Waals surface area contributed by atoms with Crippen LogP contribution >= 0.6 is 0 Å². The van der Waals surface area contributed by atoms with Crippen molar-refractivity contribution in [2.45, 2.75) is 40.5 Å². The molecule has 0 aliphatic carbocycles. The smallest absolute Gasteiger partial charge is 0.120 e. The van der Waals surface area contributed by atoms with Gasteiger partial charge in [-0.25, -0.2) is 0 Å². The highest BCUT2D eigenvalue weighted by Crippen LogP contribution is 2.15. The monoisotopic (exact) mass is 225 g/mol. The third kappa shape index (κ3) is 9.38. The molecule has 2 nitrogen and oxygen atoms in total. The molecule has 1 N–H and O–H groups in total. The van der Waals surface area contributed by atoms with E-state index in [1.165, 1.54) is 12.8 Å². The van der Waals surface area contributed by atoms with E-state index in [-0.39, 0.29) is 0 Å². The molecular formula is C14H27NO. The number of benzene rings is 1. The zero-order valence-corrected chi connectivity index (χ0v) is 11.6. The average Bonchev–Trinajstić information content (AvgIpc) is 2.41. The molecule has 16 heavy (non-hydrogen) atoms. The van der Waals surface area contributed by atoms with Gasteiger partial charge in [0.2, 0.25) is 0 Å². The van der Waals surface area contributed by atoms with E-state index in [1.807, 2.05) is 45.2 Å². The maximum atomic E-state index is 5.02. The number of nitrogens with one attached hydrogen (secondary N) is 1. The first-order chi connectivity index (χ1) is 7.78. The van der Waals surface area contributed by atoms with Gasteiger partial charge in [-0.05, 0) is 12.1 Å². The molecule has 0 spiro atoms. The fourth-order valence-corrected chi connectivity index (χ4v) is 0.779. The molecule has 94 valence electrons. The predicted octanol–water partition coefficient (Wildman–Crippen LogP) is 4.57. The number of rotatable bonds is 3. The lowest BCUT2D eigenvalue weighted by molar-refractivity contribution is 0.415. The molecule has 2 heteroatoms. The van der Waals surface area contributed by atoms with Gasteiger partial charge in [-0.2, -0.15) is 0 Å². The second-order valence-corrected chi connectivity index (χ2v) is 2.98. The molecule has 0 fully saturated rings. The van der Waals surface area contributed by atoms with Crippen LogP contribution in [0.4, 0.5) is 5.69 Å². The normalized spacial score (nSPS) is 7.88. The molecule has 0 heterocycles. The molecule has 0 unspecified atom stereocenters. The summed E-state index contributed by atoms with van der Waals surface area (Å²) in [5.74, 6) is 0.881. The van der Waals surface area contributed by atoms with E-state index in [4.69, 9.17) is 4.74 Å². The molecule has 0 aromatic heterocycles. The molecule has 0 bridgehead atoms. The highest BCUT2D eigenvalue weighted by molar-refractivity contribution is 5.47. The van der Waals surface area contributed by atoms with Gasteiger partial charge in [0.05, 0.1) is 7.11 Å². The number of anilines is 1. The Balaban J connectivity index is 0. The van der Waals surface area contributed by atoms with Gasteiger partial charge in [-0.1, -0.05) is 46.6 Å². The standard InChI is InChI=1S/C8H11NO.C4H10.C2H6/c1-9-7-4-3-5-8(6-7)10-2;1-3-4-2;1-2/h3-6,9H,1-2H3;3-4H2,1-2H3;1-2H3. The Morgan fingerprint density at radius 2 is 1.69 bits per heavy atom. The lowest BCUT2D eigenvalue weighted by Crippen LogP contribution is -1.88. The molecule has 0 aliphatic heterocycles. The van der Waals surface area contributed by atoms with Gasteiger partial charge >= 0.3 is 0 Å². The third-order valence-electron chi connectivity index (χ3n) is 1.86. The van der Waals surface area contributed by atoms with E-state index in [0.29, 0.717) is 0 Å². The highest BCUT2D eigenvalue weighted by Gasteiger charge is 1.89. The van der Waals surface area contributed by atoms with Gasteiger partial charge in [0.1, 0.15) is 5.75 Å². The van der Waals surface area contributed by atoms with Crippen LogP contribution in [-0.2, 0) is 0 Å². The van der Waals surface area contributed by atoms with Crippen LogP contribution in [0.5, 0.6) is 5.75 Å². The lowest BCUT2D eigenvalue weighted by Gasteiger charge is -2.01. The minimum absolute atomic E-state index is 0.881. The fourth-order valence-electron chi connectivity index (χ4n) is 0.779. The molecule has 0 saturated carbocycles. The predicted molar refractivity (Wildman–Crippen MR) is 74.5 cm³/mol. The van der Waals surface area contributed by atoms with E-state index >= 15 is 0 Å². The van der Waals surface area contributed by atoms with Gasteiger partial charge in [0, 0.05) is 18.8 Å². The van der Waals surface area contributed by atoms with Crippen LogP contribution in [0.2, 0.25) is 0 Å². The lowest BCUT2D eigenvalue weighted by atomic mass is 10.3. The molecule has 0 atom stereocenters. The number of unbranched alkanes of at least 4 members (excludes halogenated alkanes) is 1. The zero-order chi connectivity index (χ0) is 12.8. The summed E-state index contributed by atoms with van der Waals surface area (Å²) in [6.45, 7) is 8.36. The molecule has 0 saturated heterocycles. The Kier molecular flexibility index (Phi) is 14.9. The van der Waals surface area contributed by atoms with E-state index < -0.39 is 0 Å². The van der Waals surface area contributed by atoms with Crippen molar-refractivity contribution in [3.8, 4) is 5.75 Å². The first-order valence-electron chi connectivity index (χ1n) is 6.10. The van der Waals surface area contributed by atoms with Crippen LogP contribution in [0, 0.1) is 0 Å². The van der Waals surface area contributed by atoms with Crippen molar-refractivity contribution < 1.29 is 4.74 Å². The van der Waals surface area contributed by atoms with Crippen molar-refractivity contribution >= 4 is 5.69 Å². The average molecular weight is 225 g/mol. The summed E-state index contributed by atoms with van der Waals surface area (Å²) >= 11 is 0. The summed E-state index contributed by atoms with van der Waals surface area (Å²) < 4.78 is 5.02. The van der Waals surface area contributed by atoms with Crippen LogP contribution in [0.15, 0.2) is 24.3 Å². The zero-order valence-electron chi connectivity index (χ0n) is 11.6. The van der Waals surface area contributed by atoms with Gasteiger partial charge in [-0.3, -0.25) is 0 Å². The molecule has 1 aromatic rings. The Morgan fingerprint density at radius 3 is 2.06 bits per heavy atom. The van der Waals surface area contributed by atoms with Crippen LogP contribution in [0.3, 0.4) is 0 Å². The van der Waals surface area contributed by atoms with Crippen LogP contribution in [0.1, 0.15) is 40.5 Å². The van der Waals surface area contributed by atoms with Crippen molar-refractivity contribution in [2.24, 2.45) is 0 Å². The summed E-state index contributed by atoms with van der Waals surface area (Å²) in [4.78, 5) is 0. The van der Waals surface area contributed by atoms with Crippen molar-refractivity contribution in [1.82, 2.24) is 0 Å². The maximum absolute atomic E-state index is 5.02. The minimum Gasteiger partial charge on any atom is -0.497 e. The molecule has 0 aliphatic rings. The highest BCUT2D eigenvalue weighted by atomic mass is 16.5. The Hall–Kier alpha value is -1.18. The summed E-state index contributed by atoms with van der Waals surface area (Å²) in [6, 6.07) is 7.80. The van der Waals surface area contributed by atoms with Crippen molar-refractivity contribution in [1.29, 1.82) is 0 Å². The number of hydrogen-bond donors (Lipinski definition) is 1.